The maximum atomic E-state index is 14.7. The number of aryl methyl sites for hydroxylation is 1. The fourth-order valence-corrected chi connectivity index (χ4v) is 4.22. The van der Waals surface area contributed by atoms with Crippen molar-refractivity contribution in [1.82, 2.24) is 14.5 Å². The van der Waals surface area contributed by atoms with Gasteiger partial charge in [0.2, 0.25) is 5.95 Å². The van der Waals surface area contributed by atoms with Gasteiger partial charge in [-0.3, -0.25) is 9.36 Å². The molecule has 3 heterocycles. The molecule has 1 saturated heterocycles. The molecule has 1 N–H and O–H groups in total. The van der Waals surface area contributed by atoms with E-state index in [9.17, 15) is 18.0 Å². The van der Waals surface area contributed by atoms with Gasteiger partial charge in [-0.15, -0.1) is 0 Å². The van der Waals surface area contributed by atoms with Crippen molar-refractivity contribution in [2.75, 3.05) is 18.5 Å². The van der Waals surface area contributed by atoms with Crippen molar-refractivity contribution in [2.45, 2.75) is 25.9 Å². The first kappa shape index (κ1) is 22.1. The standard InChI is InChI=1S/C25H21F3N4O2/c1-14-12-15(26)7-8-17(14)22-18-9-10-21(33)32(23-19(27)5-2-6-20(23)28)24(18)31-25(30-22)29-13-16-4-3-11-34-16/h2,5-10,12,16H,3-4,11,13H2,1H3,(H,29,30,31)/t16-/m1/s1. The molecule has 9 heteroatoms. The highest BCUT2D eigenvalue weighted by atomic mass is 19.1. The van der Waals surface area contributed by atoms with E-state index in [4.69, 9.17) is 4.74 Å². The summed E-state index contributed by atoms with van der Waals surface area (Å²) in [7, 11) is 0. The van der Waals surface area contributed by atoms with Crippen LogP contribution in [0.3, 0.4) is 0 Å². The van der Waals surface area contributed by atoms with E-state index in [2.05, 4.69) is 15.3 Å². The average Bonchev–Trinajstić information content (AvgIpc) is 3.32. The predicted molar refractivity (Wildman–Crippen MR) is 123 cm³/mol. The van der Waals surface area contributed by atoms with Crippen LogP contribution in [0.15, 0.2) is 53.3 Å². The number of fused-ring (bicyclic) bond motifs is 1. The highest BCUT2D eigenvalue weighted by molar-refractivity contribution is 5.93. The number of para-hydroxylation sites is 1. The molecule has 1 aliphatic rings. The third kappa shape index (κ3) is 4.03. The summed E-state index contributed by atoms with van der Waals surface area (Å²) in [6.45, 7) is 2.84. The third-order valence-electron chi connectivity index (χ3n) is 5.87. The van der Waals surface area contributed by atoms with Crippen LogP contribution in [0.2, 0.25) is 0 Å². The molecule has 1 aliphatic heterocycles. The van der Waals surface area contributed by atoms with Crippen LogP contribution in [0.1, 0.15) is 18.4 Å². The van der Waals surface area contributed by atoms with Crippen LogP contribution in [0.25, 0.3) is 28.0 Å². The first-order valence-electron chi connectivity index (χ1n) is 10.9. The molecule has 2 aromatic carbocycles. The van der Waals surface area contributed by atoms with E-state index in [0.29, 0.717) is 35.4 Å². The minimum atomic E-state index is -0.901. The molecule has 0 bridgehead atoms. The van der Waals surface area contributed by atoms with Gasteiger partial charge in [0.25, 0.3) is 5.56 Å². The Labute approximate surface area is 193 Å². The normalized spacial score (nSPS) is 15.7. The summed E-state index contributed by atoms with van der Waals surface area (Å²) in [5.74, 6) is -2.04. The summed E-state index contributed by atoms with van der Waals surface area (Å²) in [5.41, 5.74) is 0.474. The van der Waals surface area contributed by atoms with Crippen LogP contribution >= 0.6 is 0 Å². The molecule has 0 unspecified atom stereocenters. The van der Waals surface area contributed by atoms with E-state index in [1.807, 2.05) is 0 Å². The topological polar surface area (TPSA) is 69.0 Å². The zero-order valence-corrected chi connectivity index (χ0v) is 18.3. The van der Waals surface area contributed by atoms with Gasteiger partial charge in [0, 0.05) is 30.2 Å². The lowest BCUT2D eigenvalue weighted by Gasteiger charge is -2.17. The third-order valence-corrected chi connectivity index (χ3v) is 5.87. The second-order valence-electron chi connectivity index (χ2n) is 8.19. The van der Waals surface area contributed by atoms with Crippen LogP contribution in [-0.4, -0.2) is 33.8 Å². The molecule has 2 aromatic heterocycles. The number of aromatic nitrogens is 3. The molecule has 4 aromatic rings. The van der Waals surface area contributed by atoms with Gasteiger partial charge in [-0.1, -0.05) is 6.07 Å². The Morgan fingerprint density at radius 1 is 1.09 bits per heavy atom. The molecule has 0 saturated carbocycles. The van der Waals surface area contributed by atoms with Gasteiger partial charge in [-0.25, -0.2) is 18.2 Å². The number of ether oxygens (including phenoxy) is 1. The average molecular weight is 466 g/mol. The maximum Gasteiger partial charge on any atom is 0.256 e. The van der Waals surface area contributed by atoms with Gasteiger partial charge in [0.05, 0.1) is 11.8 Å². The van der Waals surface area contributed by atoms with Gasteiger partial charge in [0.15, 0.2) is 5.65 Å². The first-order chi connectivity index (χ1) is 16.4. The Balaban J connectivity index is 1.77. The highest BCUT2D eigenvalue weighted by Gasteiger charge is 2.21. The smallest absolute Gasteiger partial charge is 0.256 e. The van der Waals surface area contributed by atoms with Crippen molar-refractivity contribution in [2.24, 2.45) is 0 Å². The molecule has 0 aliphatic carbocycles. The molecule has 0 spiro atoms. The minimum absolute atomic E-state index is 0.0164. The van der Waals surface area contributed by atoms with Crippen LogP contribution < -0.4 is 10.9 Å². The zero-order chi connectivity index (χ0) is 23.8. The van der Waals surface area contributed by atoms with Gasteiger partial charge in [-0.2, -0.15) is 4.98 Å². The minimum Gasteiger partial charge on any atom is -0.376 e. The number of pyridine rings is 1. The second-order valence-corrected chi connectivity index (χ2v) is 8.19. The monoisotopic (exact) mass is 466 g/mol. The van der Waals surface area contributed by atoms with E-state index in [0.717, 1.165) is 29.5 Å². The molecule has 6 nitrogen and oxygen atoms in total. The van der Waals surface area contributed by atoms with E-state index in [1.165, 1.54) is 30.3 Å². The summed E-state index contributed by atoms with van der Waals surface area (Å²) in [5, 5.41) is 3.51. The fraction of sp³-hybridized carbons (Fsp3) is 0.240. The van der Waals surface area contributed by atoms with Crippen LogP contribution in [0, 0.1) is 24.4 Å². The molecule has 1 fully saturated rings. The van der Waals surface area contributed by atoms with Crippen molar-refractivity contribution < 1.29 is 17.9 Å². The lowest BCUT2D eigenvalue weighted by atomic mass is 10.0. The Kier molecular flexibility index (Phi) is 5.79. The van der Waals surface area contributed by atoms with Crippen LogP contribution in [0.4, 0.5) is 19.1 Å². The molecular formula is C25H21F3N4O2. The first-order valence-corrected chi connectivity index (χ1v) is 10.9. The predicted octanol–water partition coefficient (Wildman–Crippen LogP) is 4.76. The molecule has 174 valence electrons. The number of hydrogen-bond donors (Lipinski definition) is 1. The summed E-state index contributed by atoms with van der Waals surface area (Å²) in [6, 6.07) is 10.3. The van der Waals surface area contributed by atoms with Crippen molar-refractivity contribution in [3.63, 3.8) is 0 Å². The number of hydrogen-bond acceptors (Lipinski definition) is 5. The summed E-state index contributed by atoms with van der Waals surface area (Å²) < 4.78 is 49.8. The summed E-state index contributed by atoms with van der Waals surface area (Å²) in [6.07, 6.45) is 1.82. The largest absolute Gasteiger partial charge is 0.376 e. The Morgan fingerprint density at radius 2 is 1.88 bits per heavy atom. The Bertz CT molecular complexity index is 1430. The van der Waals surface area contributed by atoms with Crippen LogP contribution in [0.5, 0.6) is 0 Å². The number of nitrogens with one attached hydrogen (secondary N) is 1. The van der Waals surface area contributed by atoms with Gasteiger partial charge < -0.3 is 10.1 Å². The molecule has 0 radical (unpaired) electrons. The van der Waals surface area contributed by atoms with Crippen molar-refractivity contribution >= 4 is 17.0 Å². The summed E-state index contributed by atoms with van der Waals surface area (Å²) >= 11 is 0. The SMILES string of the molecule is Cc1cc(F)ccc1-c1nc(NC[C@H]2CCCO2)nc2c1ccc(=O)n2-c1c(F)cccc1F. The molecule has 34 heavy (non-hydrogen) atoms. The molecule has 5 rings (SSSR count). The van der Waals surface area contributed by atoms with Crippen molar-refractivity contribution in [3.05, 3.63) is 81.9 Å². The molecular weight excluding hydrogens is 445 g/mol. The fourth-order valence-electron chi connectivity index (χ4n) is 4.22. The van der Waals surface area contributed by atoms with E-state index in [1.54, 1.807) is 13.0 Å². The number of rotatable bonds is 5. The lowest BCUT2D eigenvalue weighted by molar-refractivity contribution is 0.120. The summed E-state index contributed by atoms with van der Waals surface area (Å²) in [4.78, 5) is 22.0. The van der Waals surface area contributed by atoms with Crippen molar-refractivity contribution in [3.8, 4) is 16.9 Å². The van der Waals surface area contributed by atoms with Gasteiger partial charge in [0.1, 0.15) is 23.1 Å². The number of anilines is 1. The van der Waals surface area contributed by atoms with E-state index >= 15 is 0 Å². The molecule has 0 amide bonds. The Morgan fingerprint density at radius 3 is 2.59 bits per heavy atom. The maximum absolute atomic E-state index is 14.7. The number of benzene rings is 2. The molecule has 1 atom stereocenters. The van der Waals surface area contributed by atoms with Crippen LogP contribution in [-0.2, 0) is 4.74 Å². The second kappa shape index (κ2) is 8.90. The van der Waals surface area contributed by atoms with Crippen molar-refractivity contribution in [1.29, 1.82) is 0 Å². The number of nitrogens with zero attached hydrogens (tertiary/aromatic N) is 3. The number of halogens is 3. The van der Waals surface area contributed by atoms with E-state index < -0.39 is 28.7 Å². The quantitative estimate of drug-likeness (QED) is 0.459. The van der Waals surface area contributed by atoms with Gasteiger partial charge in [-0.05, 0) is 61.7 Å². The highest BCUT2D eigenvalue weighted by Crippen LogP contribution is 2.31. The lowest BCUT2D eigenvalue weighted by Crippen LogP contribution is -2.23. The Hall–Kier alpha value is -3.72. The van der Waals surface area contributed by atoms with E-state index in [-0.39, 0.29) is 17.7 Å². The van der Waals surface area contributed by atoms with Gasteiger partial charge >= 0.3 is 0 Å². The zero-order valence-electron chi connectivity index (χ0n) is 18.3.